The minimum Gasteiger partial charge on any atom is -0.487 e. The Balaban J connectivity index is 1.52. The number of hydrogen-bond donors (Lipinski definition) is 1. The quantitative estimate of drug-likeness (QED) is 0.632. The van der Waals surface area contributed by atoms with E-state index in [1.54, 1.807) is 35.4 Å². The van der Waals surface area contributed by atoms with Crippen LogP contribution < -0.4 is 4.74 Å². The minimum absolute atomic E-state index is 0.132. The summed E-state index contributed by atoms with van der Waals surface area (Å²) in [7, 11) is 0. The maximum atomic E-state index is 14.1. The summed E-state index contributed by atoms with van der Waals surface area (Å²) in [5.74, 6) is 0.298. The van der Waals surface area contributed by atoms with Crippen LogP contribution in [0, 0.1) is 5.82 Å². The van der Waals surface area contributed by atoms with E-state index in [0.717, 1.165) is 11.3 Å². The number of nitrogens with zero attached hydrogens (tertiary/aromatic N) is 2. The van der Waals surface area contributed by atoms with Crippen molar-refractivity contribution >= 4 is 5.91 Å². The van der Waals surface area contributed by atoms with Crippen molar-refractivity contribution in [2.24, 2.45) is 0 Å². The van der Waals surface area contributed by atoms with E-state index in [4.69, 9.17) is 4.74 Å². The molecule has 2 heterocycles. The molecule has 0 saturated heterocycles. The molecular weight excluding hydrogens is 395 g/mol. The van der Waals surface area contributed by atoms with Crippen molar-refractivity contribution in [3.63, 3.8) is 0 Å². The molecule has 0 spiro atoms. The first-order valence-electron chi connectivity index (χ1n) is 10.3. The summed E-state index contributed by atoms with van der Waals surface area (Å²) in [5, 5.41) is 9.43. The number of rotatable bonds is 7. The van der Waals surface area contributed by atoms with E-state index in [0.29, 0.717) is 36.3 Å². The van der Waals surface area contributed by atoms with Crippen molar-refractivity contribution in [1.29, 1.82) is 0 Å². The number of carbonyl (C=O) groups is 1. The lowest BCUT2D eigenvalue weighted by molar-refractivity contribution is 0.0705. The zero-order valence-corrected chi connectivity index (χ0v) is 17.4. The number of halogens is 1. The second-order valence-corrected chi connectivity index (χ2v) is 8.09. The van der Waals surface area contributed by atoms with Crippen molar-refractivity contribution in [2.75, 3.05) is 13.2 Å². The van der Waals surface area contributed by atoms with Crippen LogP contribution in [0.5, 0.6) is 5.75 Å². The molecule has 4 rings (SSSR count). The molecule has 1 amide bonds. The highest BCUT2D eigenvalue weighted by Crippen LogP contribution is 2.38. The molecule has 1 aliphatic rings. The summed E-state index contributed by atoms with van der Waals surface area (Å²) in [5.41, 5.74) is 2.24. The summed E-state index contributed by atoms with van der Waals surface area (Å²) in [6.07, 6.45) is 2.70. The second-order valence-electron chi connectivity index (χ2n) is 8.09. The Morgan fingerprint density at radius 2 is 2.00 bits per heavy atom. The van der Waals surface area contributed by atoms with Gasteiger partial charge in [0.15, 0.2) is 0 Å². The average Bonchev–Trinajstić information content (AvgIpc) is 3.10. The summed E-state index contributed by atoms with van der Waals surface area (Å²) < 4.78 is 20.3. The first kappa shape index (κ1) is 21.0. The van der Waals surface area contributed by atoms with E-state index in [1.807, 2.05) is 37.3 Å². The number of ether oxygens (including phenoxy) is 1. The number of benzene rings is 2. The second kappa shape index (κ2) is 8.86. The molecule has 0 saturated carbocycles. The Labute approximate surface area is 181 Å². The number of aliphatic hydroxyl groups excluding tert-OH is 1. The number of hydrogen-bond acceptors (Lipinski definition) is 4. The molecule has 2 aromatic carbocycles. The van der Waals surface area contributed by atoms with E-state index >= 15 is 0 Å². The maximum Gasteiger partial charge on any atom is 0.254 e. The van der Waals surface area contributed by atoms with Gasteiger partial charge in [0.1, 0.15) is 17.2 Å². The van der Waals surface area contributed by atoms with Crippen molar-refractivity contribution in [3.8, 4) is 5.75 Å². The van der Waals surface area contributed by atoms with Crippen LogP contribution in [-0.2, 0) is 19.4 Å². The van der Waals surface area contributed by atoms with E-state index in [9.17, 15) is 14.3 Å². The maximum absolute atomic E-state index is 14.1. The van der Waals surface area contributed by atoms with Crippen LogP contribution in [0.15, 0.2) is 66.9 Å². The molecule has 1 N–H and O–H groups in total. The van der Waals surface area contributed by atoms with Crippen molar-refractivity contribution in [3.05, 3.63) is 95.1 Å². The van der Waals surface area contributed by atoms with Crippen molar-refractivity contribution in [1.82, 2.24) is 9.88 Å². The first-order chi connectivity index (χ1) is 15.0. The number of pyridine rings is 1. The topological polar surface area (TPSA) is 62.7 Å². The smallest absolute Gasteiger partial charge is 0.254 e. The van der Waals surface area contributed by atoms with E-state index in [-0.39, 0.29) is 24.9 Å². The molecule has 160 valence electrons. The van der Waals surface area contributed by atoms with Gasteiger partial charge in [-0.3, -0.25) is 9.78 Å². The van der Waals surface area contributed by atoms with Crippen molar-refractivity contribution < 1.29 is 19.0 Å². The average molecular weight is 420 g/mol. The zero-order valence-electron chi connectivity index (χ0n) is 17.4. The van der Waals surface area contributed by atoms with Gasteiger partial charge in [-0.05, 0) is 54.4 Å². The number of carbonyl (C=O) groups excluding carboxylic acids is 1. The van der Waals surface area contributed by atoms with Gasteiger partial charge in [-0.1, -0.05) is 24.3 Å². The molecule has 0 fully saturated rings. The summed E-state index contributed by atoms with van der Waals surface area (Å²) >= 11 is 0. The molecule has 0 aliphatic carbocycles. The Bertz CT molecular complexity index is 1070. The van der Waals surface area contributed by atoms with Crippen molar-refractivity contribution in [2.45, 2.75) is 31.9 Å². The first-order valence-corrected chi connectivity index (χ1v) is 10.3. The zero-order chi connectivity index (χ0) is 21.8. The van der Waals surface area contributed by atoms with Crippen LogP contribution in [0.2, 0.25) is 0 Å². The van der Waals surface area contributed by atoms with Gasteiger partial charge in [-0.25, -0.2) is 4.39 Å². The summed E-state index contributed by atoms with van der Waals surface area (Å²) in [6, 6.07) is 17.6. The molecule has 6 heteroatoms. The highest BCUT2D eigenvalue weighted by molar-refractivity contribution is 5.94. The summed E-state index contributed by atoms with van der Waals surface area (Å²) in [4.78, 5) is 19.0. The third-order valence-electron chi connectivity index (χ3n) is 5.49. The van der Waals surface area contributed by atoms with Gasteiger partial charge in [-0.15, -0.1) is 0 Å². The van der Waals surface area contributed by atoms with Gasteiger partial charge < -0.3 is 14.7 Å². The molecule has 1 atom stereocenters. The largest absolute Gasteiger partial charge is 0.487 e. The Kier molecular flexibility index (Phi) is 6.00. The lowest BCUT2D eigenvalue weighted by Gasteiger charge is -2.24. The molecule has 3 aromatic rings. The van der Waals surface area contributed by atoms with Crippen LogP contribution in [0.1, 0.15) is 34.1 Å². The fourth-order valence-electron chi connectivity index (χ4n) is 4.04. The Morgan fingerprint density at radius 1 is 1.19 bits per heavy atom. The van der Waals surface area contributed by atoms with Crippen LogP contribution in [0.3, 0.4) is 0 Å². The van der Waals surface area contributed by atoms with E-state index < -0.39 is 5.60 Å². The lowest BCUT2D eigenvalue weighted by atomic mass is 9.91. The SMILES string of the molecule is C[C@@]1(Cc2ccccc2F)Cc2cc(C(=O)N(CCO)Cc3ccccn3)ccc2O1. The molecule has 0 radical (unpaired) electrons. The number of aliphatic hydroxyl groups is 1. The van der Waals surface area contributed by atoms with Gasteiger partial charge in [0.05, 0.1) is 18.8 Å². The standard InChI is InChI=1S/C25H25FN2O3/c1-25(15-19-6-2-3-8-22(19)26)16-20-14-18(9-10-23(20)31-25)24(30)28(12-13-29)17-21-7-4-5-11-27-21/h2-11,14,29H,12-13,15-17H2,1H3/t25-/m1/s1. The Hall–Kier alpha value is -3.25. The van der Waals surface area contributed by atoms with Crippen LogP contribution in [0.25, 0.3) is 0 Å². The normalized spacial score (nSPS) is 17.1. The molecule has 1 aliphatic heterocycles. The van der Waals surface area contributed by atoms with Gasteiger partial charge in [-0.2, -0.15) is 0 Å². The highest BCUT2D eigenvalue weighted by atomic mass is 19.1. The van der Waals surface area contributed by atoms with Gasteiger partial charge in [0.2, 0.25) is 0 Å². The monoisotopic (exact) mass is 420 g/mol. The number of amides is 1. The highest BCUT2D eigenvalue weighted by Gasteiger charge is 2.36. The van der Waals surface area contributed by atoms with E-state index in [2.05, 4.69) is 4.98 Å². The predicted molar refractivity (Wildman–Crippen MR) is 115 cm³/mol. The number of aromatic nitrogens is 1. The molecule has 1 aromatic heterocycles. The Morgan fingerprint density at radius 3 is 2.74 bits per heavy atom. The lowest BCUT2D eigenvalue weighted by Crippen LogP contribution is -2.33. The molecule has 0 unspecified atom stereocenters. The summed E-state index contributed by atoms with van der Waals surface area (Å²) in [6.45, 7) is 2.36. The van der Waals surface area contributed by atoms with Crippen LogP contribution >= 0.6 is 0 Å². The fraction of sp³-hybridized carbons (Fsp3) is 0.280. The number of fused-ring (bicyclic) bond motifs is 1. The minimum atomic E-state index is -0.578. The third kappa shape index (κ3) is 4.75. The predicted octanol–water partition coefficient (Wildman–Crippen LogP) is 3.79. The molecule has 5 nitrogen and oxygen atoms in total. The third-order valence-corrected chi connectivity index (χ3v) is 5.49. The van der Waals surface area contributed by atoms with E-state index in [1.165, 1.54) is 6.07 Å². The van der Waals surface area contributed by atoms with Gasteiger partial charge >= 0.3 is 0 Å². The molecule has 0 bridgehead atoms. The van der Waals surface area contributed by atoms with Crippen LogP contribution in [0.4, 0.5) is 4.39 Å². The van der Waals surface area contributed by atoms with Gasteiger partial charge in [0.25, 0.3) is 5.91 Å². The fourth-order valence-corrected chi connectivity index (χ4v) is 4.04. The van der Waals surface area contributed by atoms with Gasteiger partial charge in [0, 0.05) is 31.1 Å². The molecule has 31 heavy (non-hydrogen) atoms. The molecular formula is C25H25FN2O3. The van der Waals surface area contributed by atoms with Crippen LogP contribution in [-0.4, -0.2) is 39.7 Å².